The number of anilines is 2. The molecule has 0 saturated carbocycles. The van der Waals surface area contributed by atoms with Crippen molar-refractivity contribution in [3.05, 3.63) is 64.8 Å². The van der Waals surface area contributed by atoms with Gasteiger partial charge in [-0.2, -0.15) is 5.26 Å². The SMILES string of the molecule is [C-]#[N+]c1ccc(N2C(=O)C(C)(C)N(c3ccc(CCCC#N)c(F)c3)C2=S)cc1C. The summed E-state index contributed by atoms with van der Waals surface area (Å²) in [6.45, 7) is 12.5. The molecule has 0 aliphatic carbocycles. The van der Waals surface area contributed by atoms with Crippen LogP contribution in [0.3, 0.4) is 0 Å². The third-order valence-corrected chi connectivity index (χ3v) is 5.62. The molecule has 7 heteroatoms. The van der Waals surface area contributed by atoms with E-state index in [1.807, 2.05) is 6.92 Å². The van der Waals surface area contributed by atoms with E-state index in [0.29, 0.717) is 41.9 Å². The van der Waals surface area contributed by atoms with E-state index in [9.17, 15) is 9.18 Å². The topological polar surface area (TPSA) is 51.7 Å². The van der Waals surface area contributed by atoms with Crippen LogP contribution in [0.15, 0.2) is 36.4 Å². The van der Waals surface area contributed by atoms with Gasteiger partial charge in [-0.3, -0.25) is 9.69 Å². The molecule has 0 atom stereocenters. The number of halogens is 1. The molecule has 0 unspecified atom stereocenters. The van der Waals surface area contributed by atoms with Gasteiger partial charge in [-0.25, -0.2) is 9.24 Å². The van der Waals surface area contributed by atoms with Crippen LogP contribution in [0.25, 0.3) is 4.85 Å². The maximum Gasteiger partial charge on any atom is 0.259 e. The lowest BCUT2D eigenvalue weighted by molar-refractivity contribution is -0.120. The smallest absolute Gasteiger partial charge is 0.259 e. The third kappa shape index (κ3) is 3.65. The van der Waals surface area contributed by atoms with Gasteiger partial charge in [-0.15, -0.1) is 0 Å². The summed E-state index contributed by atoms with van der Waals surface area (Å²) in [6, 6.07) is 12.0. The lowest BCUT2D eigenvalue weighted by Crippen LogP contribution is -2.44. The Hall–Kier alpha value is -3.29. The number of carbonyl (C=O) groups is 1. The van der Waals surface area contributed by atoms with Crippen molar-refractivity contribution in [1.82, 2.24) is 0 Å². The van der Waals surface area contributed by atoms with Gasteiger partial charge in [0, 0.05) is 17.8 Å². The van der Waals surface area contributed by atoms with Crippen LogP contribution in [-0.2, 0) is 11.2 Å². The largest absolute Gasteiger partial charge is 0.303 e. The van der Waals surface area contributed by atoms with E-state index in [1.54, 1.807) is 49.1 Å². The van der Waals surface area contributed by atoms with Crippen molar-refractivity contribution in [3.63, 3.8) is 0 Å². The highest BCUT2D eigenvalue weighted by Gasteiger charge is 2.50. The Morgan fingerprint density at radius 3 is 2.53 bits per heavy atom. The summed E-state index contributed by atoms with van der Waals surface area (Å²) in [5, 5.41) is 8.92. The number of unbranched alkanes of at least 4 members (excludes halogenated alkanes) is 1. The molecule has 30 heavy (non-hydrogen) atoms. The number of benzene rings is 2. The Balaban J connectivity index is 1.97. The highest BCUT2D eigenvalue weighted by Crippen LogP contribution is 2.38. The zero-order chi connectivity index (χ0) is 22.1. The number of nitrogens with zero attached hydrogens (tertiary/aromatic N) is 4. The summed E-state index contributed by atoms with van der Waals surface area (Å²) in [5.74, 6) is -0.604. The quantitative estimate of drug-likeness (QED) is 0.367. The first kappa shape index (κ1) is 21.4. The van der Waals surface area contributed by atoms with E-state index < -0.39 is 5.54 Å². The molecule has 2 aromatic rings. The molecule has 1 amide bonds. The molecular formula is C23H21FN4OS. The molecule has 152 valence electrons. The van der Waals surface area contributed by atoms with Crippen LogP contribution in [0.4, 0.5) is 21.5 Å². The predicted octanol–water partition coefficient (Wildman–Crippen LogP) is 5.45. The van der Waals surface area contributed by atoms with Crippen LogP contribution in [0, 0.1) is 30.6 Å². The second-order valence-corrected chi connectivity index (χ2v) is 8.05. The van der Waals surface area contributed by atoms with Crippen LogP contribution in [0.2, 0.25) is 0 Å². The Morgan fingerprint density at radius 1 is 1.23 bits per heavy atom. The van der Waals surface area contributed by atoms with Crippen LogP contribution >= 0.6 is 12.2 Å². The van der Waals surface area contributed by atoms with E-state index in [-0.39, 0.29) is 16.8 Å². The summed E-state index contributed by atoms with van der Waals surface area (Å²) in [7, 11) is 0. The van der Waals surface area contributed by atoms with Crippen molar-refractivity contribution in [1.29, 1.82) is 5.26 Å². The fourth-order valence-electron chi connectivity index (χ4n) is 3.60. The third-order valence-electron chi connectivity index (χ3n) is 5.26. The van der Waals surface area contributed by atoms with Gasteiger partial charge >= 0.3 is 0 Å². The average Bonchev–Trinajstić information content (AvgIpc) is 2.87. The average molecular weight is 421 g/mol. The zero-order valence-electron chi connectivity index (χ0n) is 17.1. The zero-order valence-corrected chi connectivity index (χ0v) is 17.9. The molecule has 2 aromatic carbocycles. The van der Waals surface area contributed by atoms with Gasteiger partial charge in [-0.1, -0.05) is 12.1 Å². The van der Waals surface area contributed by atoms with Crippen LogP contribution in [0.1, 0.15) is 37.8 Å². The molecule has 1 aliphatic rings. The lowest BCUT2D eigenvalue weighted by atomic mass is 10.0. The van der Waals surface area contributed by atoms with E-state index in [4.69, 9.17) is 24.1 Å². The number of amides is 1. The maximum absolute atomic E-state index is 14.7. The van der Waals surface area contributed by atoms with Gasteiger partial charge in [0.25, 0.3) is 5.91 Å². The van der Waals surface area contributed by atoms with Crippen molar-refractivity contribution in [3.8, 4) is 6.07 Å². The van der Waals surface area contributed by atoms with E-state index >= 15 is 0 Å². The van der Waals surface area contributed by atoms with Crippen LogP contribution in [0.5, 0.6) is 0 Å². The summed E-state index contributed by atoms with van der Waals surface area (Å²) in [6.07, 6.45) is 1.44. The van der Waals surface area contributed by atoms with Gasteiger partial charge in [0.1, 0.15) is 11.4 Å². The van der Waals surface area contributed by atoms with Crippen molar-refractivity contribution < 1.29 is 9.18 Å². The number of thiocarbonyl (C=S) groups is 1. The molecule has 0 bridgehead atoms. The number of carbonyl (C=O) groups excluding carboxylic acids is 1. The monoisotopic (exact) mass is 420 g/mol. The number of rotatable bonds is 5. The van der Waals surface area contributed by atoms with Gasteiger partial charge < -0.3 is 4.90 Å². The number of hydrogen-bond acceptors (Lipinski definition) is 3. The molecule has 1 fully saturated rings. The molecule has 1 aliphatic heterocycles. The molecule has 0 spiro atoms. The Labute approximate surface area is 181 Å². The summed E-state index contributed by atoms with van der Waals surface area (Å²) in [4.78, 5) is 19.8. The van der Waals surface area contributed by atoms with Gasteiger partial charge in [0.15, 0.2) is 10.8 Å². The number of aryl methyl sites for hydroxylation is 2. The van der Waals surface area contributed by atoms with Crippen LogP contribution < -0.4 is 9.80 Å². The first-order valence-electron chi connectivity index (χ1n) is 9.54. The lowest BCUT2D eigenvalue weighted by Gasteiger charge is -2.29. The molecule has 0 aromatic heterocycles. The van der Waals surface area contributed by atoms with E-state index in [0.717, 1.165) is 5.56 Å². The first-order chi connectivity index (χ1) is 14.2. The van der Waals surface area contributed by atoms with Crippen LogP contribution in [-0.4, -0.2) is 16.6 Å². The minimum absolute atomic E-state index is 0.221. The second kappa shape index (κ2) is 8.22. The molecule has 0 N–H and O–H groups in total. The summed E-state index contributed by atoms with van der Waals surface area (Å²) >= 11 is 5.63. The Morgan fingerprint density at radius 2 is 1.93 bits per heavy atom. The first-order valence-corrected chi connectivity index (χ1v) is 9.95. The predicted molar refractivity (Wildman–Crippen MR) is 119 cm³/mol. The molecule has 1 heterocycles. The Bertz CT molecular complexity index is 1110. The van der Waals surface area contributed by atoms with Gasteiger partial charge in [0.2, 0.25) is 0 Å². The number of nitriles is 1. The van der Waals surface area contributed by atoms with Crippen molar-refractivity contribution in [2.75, 3.05) is 9.80 Å². The maximum atomic E-state index is 14.7. The van der Waals surface area contributed by atoms with Crippen molar-refractivity contribution in [2.45, 2.75) is 45.6 Å². The van der Waals surface area contributed by atoms with Gasteiger partial charge in [0.05, 0.1) is 12.6 Å². The van der Waals surface area contributed by atoms with E-state index in [2.05, 4.69) is 10.9 Å². The minimum atomic E-state index is -1.00. The van der Waals surface area contributed by atoms with Gasteiger partial charge in [-0.05, 0) is 81.2 Å². The highest BCUT2D eigenvalue weighted by atomic mass is 32.1. The summed E-state index contributed by atoms with van der Waals surface area (Å²) in [5.41, 5.74) is 1.88. The van der Waals surface area contributed by atoms with E-state index in [1.165, 1.54) is 11.0 Å². The molecule has 0 radical (unpaired) electrons. The fourth-order valence-corrected chi connectivity index (χ4v) is 4.12. The van der Waals surface area contributed by atoms with Crippen molar-refractivity contribution >= 4 is 40.3 Å². The standard InChI is InChI=1S/C23H21FN4OS/c1-15-13-17(10-11-20(15)26-4)27-21(29)23(2,3)28(22(27)30)18-9-8-16(19(24)14-18)7-5-6-12-25/h8-11,13-14H,5-7H2,1-3H3. The Kier molecular flexibility index (Phi) is 5.87. The normalized spacial score (nSPS) is 15.3. The molecule has 1 saturated heterocycles. The fraction of sp³-hybridized carbons (Fsp3) is 0.304. The second-order valence-electron chi connectivity index (χ2n) is 7.69. The molecule has 3 rings (SSSR count). The molecular weight excluding hydrogens is 399 g/mol. The minimum Gasteiger partial charge on any atom is -0.303 e. The highest BCUT2D eigenvalue weighted by molar-refractivity contribution is 7.81. The summed E-state index contributed by atoms with van der Waals surface area (Å²) < 4.78 is 14.7. The number of hydrogen-bond donors (Lipinski definition) is 0. The van der Waals surface area contributed by atoms with Crippen molar-refractivity contribution in [2.24, 2.45) is 0 Å². The molecule has 5 nitrogen and oxygen atoms in total.